The van der Waals surface area contributed by atoms with Crippen molar-refractivity contribution in [3.8, 4) is 0 Å². The quantitative estimate of drug-likeness (QED) is 0.790. The maximum absolute atomic E-state index is 12.1. The van der Waals surface area contributed by atoms with Crippen molar-refractivity contribution in [2.24, 2.45) is 5.41 Å². The molecule has 1 fully saturated rings. The highest BCUT2D eigenvalue weighted by Gasteiger charge is 2.28. The fourth-order valence-corrected chi connectivity index (χ4v) is 1.94. The third-order valence-corrected chi connectivity index (χ3v) is 3.30. The number of nitrogens with zero attached hydrogens (tertiary/aromatic N) is 2. The lowest BCUT2D eigenvalue weighted by atomic mass is 9.82. The van der Waals surface area contributed by atoms with Gasteiger partial charge in [0.2, 0.25) is 0 Å². The molecule has 2 rings (SSSR count). The van der Waals surface area contributed by atoms with E-state index >= 15 is 0 Å². The SMILES string of the molecule is CC1(C)CCN(C(=O)c2ccc(=O)[nH]n2)CC1. The maximum Gasteiger partial charge on any atom is 0.274 e. The van der Waals surface area contributed by atoms with Gasteiger partial charge in [-0.1, -0.05) is 13.8 Å². The van der Waals surface area contributed by atoms with E-state index in [1.165, 1.54) is 12.1 Å². The number of rotatable bonds is 1. The molecule has 1 aromatic heterocycles. The number of nitrogens with one attached hydrogen (secondary N) is 1. The van der Waals surface area contributed by atoms with Gasteiger partial charge in [0.05, 0.1) is 0 Å². The van der Waals surface area contributed by atoms with Crippen LogP contribution in [0.3, 0.4) is 0 Å². The Morgan fingerprint density at radius 3 is 2.53 bits per heavy atom. The van der Waals surface area contributed by atoms with Gasteiger partial charge in [-0.2, -0.15) is 5.10 Å². The minimum absolute atomic E-state index is 0.100. The van der Waals surface area contributed by atoms with E-state index in [0.29, 0.717) is 11.1 Å². The zero-order chi connectivity index (χ0) is 12.5. The van der Waals surface area contributed by atoms with Crippen LogP contribution in [-0.2, 0) is 0 Å². The van der Waals surface area contributed by atoms with E-state index in [-0.39, 0.29) is 11.5 Å². The molecule has 5 nitrogen and oxygen atoms in total. The summed E-state index contributed by atoms with van der Waals surface area (Å²) in [6, 6.07) is 2.80. The molecule has 1 saturated heterocycles. The number of piperidine rings is 1. The van der Waals surface area contributed by atoms with Gasteiger partial charge >= 0.3 is 0 Å². The molecule has 0 bridgehead atoms. The summed E-state index contributed by atoms with van der Waals surface area (Å²) in [5, 5.41) is 6.04. The smallest absolute Gasteiger partial charge is 0.274 e. The summed E-state index contributed by atoms with van der Waals surface area (Å²) in [6.07, 6.45) is 2.00. The number of amides is 1. The first-order valence-corrected chi connectivity index (χ1v) is 5.83. The van der Waals surface area contributed by atoms with E-state index < -0.39 is 0 Å². The average molecular weight is 235 g/mol. The number of H-pyrrole nitrogens is 1. The lowest BCUT2D eigenvalue weighted by Crippen LogP contribution is -2.41. The minimum Gasteiger partial charge on any atom is -0.337 e. The second kappa shape index (κ2) is 4.31. The van der Waals surface area contributed by atoms with Gasteiger partial charge in [0.25, 0.3) is 11.5 Å². The molecular weight excluding hydrogens is 218 g/mol. The number of carbonyl (C=O) groups excluding carboxylic acids is 1. The van der Waals surface area contributed by atoms with Gasteiger partial charge in [-0.15, -0.1) is 0 Å². The van der Waals surface area contributed by atoms with Crippen LogP contribution in [0, 0.1) is 5.41 Å². The number of hydrogen-bond donors (Lipinski definition) is 1. The van der Waals surface area contributed by atoms with Gasteiger partial charge in [0, 0.05) is 19.2 Å². The molecule has 1 aliphatic heterocycles. The van der Waals surface area contributed by atoms with Gasteiger partial charge in [0.15, 0.2) is 0 Å². The summed E-state index contributed by atoms with van der Waals surface area (Å²) in [5.41, 5.74) is 0.334. The van der Waals surface area contributed by atoms with Crippen molar-refractivity contribution >= 4 is 5.91 Å². The van der Waals surface area contributed by atoms with Gasteiger partial charge in [-0.05, 0) is 24.3 Å². The fourth-order valence-electron chi connectivity index (χ4n) is 1.94. The fraction of sp³-hybridized carbons (Fsp3) is 0.583. The van der Waals surface area contributed by atoms with Crippen molar-refractivity contribution in [2.75, 3.05) is 13.1 Å². The third kappa shape index (κ3) is 2.72. The van der Waals surface area contributed by atoms with Crippen LogP contribution in [0.1, 0.15) is 37.2 Å². The van der Waals surface area contributed by atoms with Crippen molar-refractivity contribution < 1.29 is 4.79 Å². The van der Waals surface area contributed by atoms with E-state index in [0.717, 1.165) is 25.9 Å². The minimum atomic E-state index is -0.290. The molecule has 5 heteroatoms. The van der Waals surface area contributed by atoms with Crippen LogP contribution < -0.4 is 5.56 Å². The van der Waals surface area contributed by atoms with Crippen LogP contribution in [0.25, 0.3) is 0 Å². The predicted octanol–water partition coefficient (Wildman–Crippen LogP) is 1.03. The molecule has 0 aliphatic carbocycles. The number of likely N-dealkylation sites (tertiary alicyclic amines) is 1. The van der Waals surface area contributed by atoms with Crippen LogP contribution >= 0.6 is 0 Å². The first kappa shape index (κ1) is 11.8. The first-order chi connectivity index (χ1) is 7.98. The van der Waals surface area contributed by atoms with Crippen LogP contribution in [0.5, 0.6) is 0 Å². The number of hydrogen-bond acceptors (Lipinski definition) is 3. The summed E-state index contributed by atoms with van der Waals surface area (Å²) >= 11 is 0. The standard InChI is InChI=1S/C12H17N3O2/c1-12(2)5-7-15(8-6-12)11(17)9-3-4-10(16)14-13-9/h3-4H,5-8H2,1-2H3,(H,14,16). The predicted molar refractivity (Wildman–Crippen MR) is 63.8 cm³/mol. The molecule has 1 aliphatic rings. The van der Waals surface area contributed by atoms with E-state index in [4.69, 9.17) is 0 Å². The van der Waals surface area contributed by atoms with Crippen molar-refractivity contribution in [2.45, 2.75) is 26.7 Å². The summed E-state index contributed by atoms with van der Waals surface area (Å²) in [5.74, 6) is -0.100. The zero-order valence-corrected chi connectivity index (χ0v) is 10.2. The van der Waals surface area contributed by atoms with Crippen molar-refractivity contribution in [1.82, 2.24) is 15.1 Å². The zero-order valence-electron chi connectivity index (χ0n) is 10.2. The molecule has 0 spiro atoms. The Morgan fingerprint density at radius 1 is 1.35 bits per heavy atom. The molecule has 0 aromatic carbocycles. The molecule has 17 heavy (non-hydrogen) atoms. The van der Waals surface area contributed by atoms with Gasteiger partial charge in [-0.25, -0.2) is 5.10 Å². The third-order valence-electron chi connectivity index (χ3n) is 3.30. The molecule has 2 heterocycles. The molecule has 0 radical (unpaired) electrons. The van der Waals surface area contributed by atoms with Crippen LogP contribution in [-0.4, -0.2) is 34.1 Å². The first-order valence-electron chi connectivity index (χ1n) is 5.83. The molecule has 92 valence electrons. The summed E-state index contributed by atoms with van der Waals surface area (Å²) < 4.78 is 0. The van der Waals surface area contributed by atoms with Crippen LogP contribution in [0.15, 0.2) is 16.9 Å². The Bertz CT molecular complexity index is 448. The van der Waals surface area contributed by atoms with Gasteiger partial charge in [0.1, 0.15) is 5.69 Å². The second-order valence-corrected chi connectivity index (χ2v) is 5.26. The number of carbonyl (C=O) groups is 1. The van der Waals surface area contributed by atoms with E-state index in [1.54, 1.807) is 4.90 Å². The van der Waals surface area contributed by atoms with Gasteiger partial charge < -0.3 is 4.90 Å². The van der Waals surface area contributed by atoms with E-state index in [9.17, 15) is 9.59 Å². The largest absolute Gasteiger partial charge is 0.337 e. The summed E-state index contributed by atoms with van der Waals surface area (Å²) in [6.45, 7) is 5.94. The van der Waals surface area contributed by atoms with E-state index in [2.05, 4.69) is 24.0 Å². The van der Waals surface area contributed by atoms with Gasteiger partial charge in [-0.3, -0.25) is 9.59 Å². The molecule has 1 N–H and O–H groups in total. The monoisotopic (exact) mass is 235 g/mol. The Balaban J connectivity index is 2.06. The average Bonchev–Trinajstić information content (AvgIpc) is 2.29. The Morgan fingerprint density at radius 2 is 2.00 bits per heavy atom. The molecule has 0 unspecified atom stereocenters. The lowest BCUT2D eigenvalue weighted by Gasteiger charge is -2.36. The molecule has 1 amide bonds. The number of aromatic amines is 1. The highest BCUT2D eigenvalue weighted by Crippen LogP contribution is 2.29. The van der Waals surface area contributed by atoms with Crippen molar-refractivity contribution in [3.05, 3.63) is 28.2 Å². The number of aromatic nitrogens is 2. The molecule has 1 aromatic rings. The van der Waals surface area contributed by atoms with Crippen LogP contribution in [0.4, 0.5) is 0 Å². The highest BCUT2D eigenvalue weighted by atomic mass is 16.2. The summed E-state index contributed by atoms with van der Waals surface area (Å²) in [4.78, 5) is 24.7. The second-order valence-electron chi connectivity index (χ2n) is 5.26. The van der Waals surface area contributed by atoms with Crippen LogP contribution in [0.2, 0.25) is 0 Å². The Labute approximate surface area is 99.8 Å². The van der Waals surface area contributed by atoms with Crippen molar-refractivity contribution in [1.29, 1.82) is 0 Å². The Kier molecular flexibility index (Phi) is 3.00. The Hall–Kier alpha value is -1.65. The molecule has 0 atom stereocenters. The molecule has 0 saturated carbocycles. The summed E-state index contributed by atoms with van der Waals surface area (Å²) in [7, 11) is 0. The normalized spacial score (nSPS) is 19.1. The van der Waals surface area contributed by atoms with Crippen molar-refractivity contribution in [3.63, 3.8) is 0 Å². The highest BCUT2D eigenvalue weighted by molar-refractivity contribution is 5.92. The topological polar surface area (TPSA) is 66.1 Å². The molecular formula is C12H17N3O2. The maximum atomic E-state index is 12.1. The van der Waals surface area contributed by atoms with E-state index in [1.807, 2.05) is 0 Å². The lowest BCUT2D eigenvalue weighted by molar-refractivity contribution is 0.0623.